The molecule has 0 amide bonds. The van der Waals surface area contributed by atoms with Crippen molar-refractivity contribution in [1.29, 1.82) is 0 Å². The number of thioether (sulfide) groups is 1. The molecule has 2 aliphatic heterocycles. The van der Waals surface area contributed by atoms with Crippen molar-refractivity contribution in [2.45, 2.75) is 12.5 Å². The number of likely N-dealkylation sites (N-methyl/N-ethyl adjacent to an activating group) is 1. The first-order chi connectivity index (χ1) is 11.6. The van der Waals surface area contributed by atoms with Gasteiger partial charge in [0.1, 0.15) is 0 Å². The van der Waals surface area contributed by atoms with Gasteiger partial charge in [0.15, 0.2) is 0 Å². The fraction of sp³-hybridized carbons (Fsp3) is 0.368. The first-order valence-corrected chi connectivity index (χ1v) is 10.1. The molecule has 1 fully saturated rings. The molecule has 0 aliphatic carbocycles. The lowest BCUT2D eigenvalue weighted by atomic mass is 9.84. The Kier molecular flexibility index (Phi) is 4.70. The van der Waals surface area contributed by atoms with Gasteiger partial charge in [0.2, 0.25) is 0 Å². The van der Waals surface area contributed by atoms with E-state index < -0.39 is 0 Å². The summed E-state index contributed by atoms with van der Waals surface area (Å²) < 4.78 is 0. The normalized spacial score (nSPS) is 21.1. The van der Waals surface area contributed by atoms with Crippen LogP contribution in [0, 0.1) is 0 Å². The quantitative estimate of drug-likeness (QED) is 0.718. The van der Waals surface area contributed by atoms with Crippen molar-refractivity contribution < 1.29 is 0 Å². The Balaban J connectivity index is 1.84. The number of anilines is 1. The van der Waals surface area contributed by atoms with Crippen LogP contribution in [0.1, 0.15) is 22.6 Å². The molecule has 0 aromatic heterocycles. The minimum atomic E-state index is 0.303. The number of para-hydroxylation sites is 1. The molecule has 2 heterocycles. The minimum Gasteiger partial charge on any atom is -0.361 e. The zero-order chi connectivity index (χ0) is 16.7. The van der Waals surface area contributed by atoms with E-state index in [-0.39, 0.29) is 0 Å². The predicted molar refractivity (Wildman–Crippen MR) is 106 cm³/mol. The number of hydrogen-bond acceptors (Lipinski definition) is 3. The standard InChI is InChI=1S/C19H20Cl2N2S/c1-22-10-16(15-8-13(20)9-18(21)17(15)11-22)14-4-2-3-5-19(14)23-6-7-24-12-23/h2-5,8-9,16H,6-7,10-12H2,1H3/t16-/m0/s1. The van der Waals surface area contributed by atoms with E-state index in [2.05, 4.69) is 47.2 Å². The summed E-state index contributed by atoms with van der Waals surface area (Å²) in [4.78, 5) is 4.84. The molecular formula is C19H20Cl2N2S. The second kappa shape index (κ2) is 6.80. The molecule has 0 saturated carbocycles. The third-order valence-corrected chi connectivity index (χ3v) is 6.42. The number of rotatable bonds is 2. The number of hydrogen-bond donors (Lipinski definition) is 0. The third kappa shape index (κ3) is 3.03. The number of fused-ring (bicyclic) bond motifs is 1. The summed E-state index contributed by atoms with van der Waals surface area (Å²) in [7, 11) is 2.16. The molecule has 4 rings (SSSR count). The molecule has 0 spiro atoms. The maximum atomic E-state index is 6.51. The van der Waals surface area contributed by atoms with E-state index in [4.69, 9.17) is 23.2 Å². The molecule has 1 atom stereocenters. The van der Waals surface area contributed by atoms with E-state index in [9.17, 15) is 0 Å². The Morgan fingerprint density at radius 2 is 1.96 bits per heavy atom. The van der Waals surface area contributed by atoms with Gasteiger partial charge >= 0.3 is 0 Å². The molecule has 126 valence electrons. The van der Waals surface area contributed by atoms with Crippen LogP contribution in [0.25, 0.3) is 0 Å². The van der Waals surface area contributed by atoms with E-state index >= 15 is 0 Å². The van der Waals surface area contributed by atoms with Crippen molar-refractivity contribution >= 4 is 40.7 Å². The van der Waals surface area contributed by atoms with Crippen LogP contribution in [-0.4, -0.2) is 36.7 Å². The van der Waals surface area contributed by atoms with Crippen LogP contribution < -0.4 is 4.90 Å². The van der Waals surface area contributed by atoms with Crippen molar-refractivity contribution in [3.8, 4) is 0 Å². The zero-order valence-corrected chi connectivity index (χ0v) is 16.0. The van der Waals surface area contributed by atoms with Gasteiger partial charge in [0, 0.05) is 47.0 Å². The summed E-state index contributed by atoms with van der Waals surface area (Å²) in [6.45, 7) is 2.98. The summed E-state index contributed by atoms with van der Waals surface area (Å²) in [6, 6.07) is 12.8. The van der Waals surface area contributed by atoms with Gasteiger partial charge < -0.3 is 9.80 Å². The van der Waals surface area contributed by atoms with Gasteiger partial charge in [-0.15, -0.1) is 11.8 Å². The van der Waals surface area contributed by atoms with E-state index in [0.717, 1.165) is 35.6 Å². The molecule has 24 heavy (non-hydrogen) atoms. The number of halogens is 2. The fourth-order valence-electron chi connectivity index (χ4n) is 3.79. The highest BCUT2D eigenvalue weighted by Gasteiger charge is 2.29. The van der Waals surface area contributed by atoms with E-state index in [0.29, 0.717) is 5.92 Å². The SMILES string of the molecule is CN1Cc2c(Cl)cc(Cl)cc2[C@H](c2ccccc2N2CCSC2)C1. The van der Waals surface area contributed by atoms with Gasteiger partial charge in [-0.25, -0.2) is 0 Å². The lowest BCUT2D eigenvalue weighted by Crippen LogP contribution is -2.32. The van der Waals surface area contributed by atoms with Crippen molar-refractivity contribution in [3.63, 3.8) is 0 Å². The van der Waals surface area contributed by atoms with Crippen LogP contribution in [0.15, 0.2) is 36.4 Å². The van der Waals surface area contributed by atoms with Gasteiger partial charge in [0.25, 0.3) is 0 Å². The molecule has 5 heteroatoms. The summed E-state index contributed by atoms with van der Waals surface area (Å²) >= 11 is 14.8. The molecule has 2 aromatic rings. The molecule has 1 saturated heterocycles. The second-order valence-corrected chi connectivity index (χ2v) is 8.48. The van der Waals surface area contributed by atoms with Crippen LogP contribution in [0.5, 0.6) is 0 Å². The molecule has 2 aromatic carbocycles. The monoisotopic (exact) mass is 378 g/mol. The van der Waals surface area contributed by atoms with Gasteiger partial charge in [-0.3, -0.25) is 0 Å². The lowest BCUT2D eigenvalue weighted by Gasteiger charge is -2.35. The maximum Gasteiger partial charge on any atom is 0.0640 e. The average Bonchev–Trinajstić information content (AvgIpc) is 3.09. The lowest BCUT2D eigenvalue weighted by molar-refractivity contribution is 0.295. The Morgan fingerprint density at radius 3 is 2.75 bits per heavy atom. The molecule has 2 nitrogen and oxygen atoms in total. The summed E-state index contributed by atoms with van der Waals surface area (Å²) in [5.41, 5.74) is 5.23. The first-order valence-electron chi connectivity index (χ1n) is 8.21. The van der Waals surface area contributed by atoms with Crippen molar-refractivity contribution in [2.24, 2.45) is 0 Å². The van der Waals surface area contributed by atoms with E-state index in [1.807, 2.05) is 17.8 Å². The van der Waals surface area contributed by atoms with Crippen LogP contribution in [0.4, 0.5) is 5.69 Å². The van der Waals surface area contributed by atoms with Gasteiger partial charge in [0.05, 0.1) is 5.88 Å². The number of benzene rings is 2. The van der Waals surface area contributed by atoms with Gasteiger partial charge in [-0.05, 0) is 41.9 Å². The van der Waals surface area contributed by atoms with Crippen molar-refractivity contribution in [2.75, 3.05) is 36.7 Å². The average molecular weight is 379 g/mol. The zero-order valence-electron chi connectivity index (χ0n) is 13.6. The molecular weight excluding hydrogens is 359 g/mol. The Morgan fingerprint density at radius 1 is 1.12 bits per heavy atom. The fourth-order valence-corrected chi connectivity index (χ4v) is 5.32. The smallest absolute Gasteiger partial charge is 0.0640 e. The minimum absolute atomic E-state index is 0.303. The largest absolute Gasteiger partial charge is 0.361 e. The van der Waals surface area contributed by atoms with E-state index in [1.54, 1.807) is 0 Å². The highest BCUT2D eigenvalue weighted by Crippen LogP contribution is 2.41. The van der Waals surface area contributed by atoms with Crippen LogP contribution in [-0.2, 0) is 6.54 Å². The van der Waals surface area contributed by atoms with Gasteiger partial charge in [-0.2, -0.15) is 0 Å². The molecule has 0 bridgehead atoms. The molecule has 0 unspecified atom stereocenters. The van der Waals surface area contributed by atoms with Crippen LogP contribution in [0.3, 0.4) is 0 Å². The van der Waals surface area contributed by atoms with Gasteiger partial charge in [-0.1, -0.05) is 41.4 Å². The summed E-state index contributed by atoms with van der Waals surface area (Å²) in [6.07, 6.45) is 0. The third-order valence-electron chi connectivity index (χ3n) is 4.90. The summed E-state index contributed by atoms with van der Waals surface area (Å²) in [5.74, 6) is 2.58. The summed E-state index contributed by atoms with van der Waals surface area (Å²) in [5, 5.41) is 1.51. The van der Waals surface area contributed by atoms with Crippen molar-refractivity contribution in [3.05, 3.63) is 63.1 Å². The van der Waals surface area contributed by atoms with Crippen LogP contribution in [0.2, 0.25) is 10.0 Å². The molecule has 0 radical (unpaired) electrons. The maximum absolute atomic E-state index is 6.51. The predicted octanol–water partition coefficient (Wildman–Crippen LogP) is 5.08. The Labute approximate surface area is 157 Å². The topological polar surface area (TPSA) is 6.48 Å². The van der Waals surface area contributed by atoms with Crippen molar-refractivity contribution in [1.82, 2.24) is 4.90 Å². The first kappa shape index (κ1) is 16.6. The highest BCUT2D eigenvalue weighted by atomic mass is 35.5. The second-order valence-electron chi connectivity index (χ2n) is 6.56. The van der Waals surface area contributed by atoms with E-state index in [1.165, 1.54) is 28.1 Å². The Hall–Kier alpha value is -0.870. The van der Waals surface area contributed by atoms with Crippen LogP contribution >= 0.6 is 35.0 Å². The number of nitrogens with zero attached hydrogens (tertiary/aromatic N) is 2. The molecule has 0 N–H and O–H groups in total. The molecule has 2 aliphatic rings. The highest BCUT2D eigenvalue weighted by molar-refractivity contribution is 7.99. The Bertz CT molecular complexity index is 759.